The summed E-state index contributed by atoms with van der Waals surface area (Å²) >= 11 is 0. The highest BCUT2D eigenvalue weighted by Crippen LogP contribution is 2.64. The zero-order valence-electron chi connectivity index (χ0n) is 16.7. The van der Waals surface area contributed by atoms with Gasteiger partial charge in [0.1, 0.15) is 5.78 Å². The summed E-state index contributed by atoms with van der Waals surface area (Å²) < 4.78 is 32.5. The standard InChI is InChI=1S/C19H26O2/c1-18-9-7-13(20)11-12(18)3-4-14-15-5-6-17(21)19(15,2)10-8-16(14)18/h11,14-16H,3-10H2,1-2H3/t14-,15-,16-,18-,19-/m0/s1/i2D3,6D/t6?,14-,15-,16-,18-,19-. The maximum Gasteiger partial charge on any atom is 0.155 e. The van der Waals surface area contributed by atoms with Crippen molar-refractivity contribution in [2.45, 2.75) is 65.1 Å². The number of Topliss-reactive ketones (excluding diaryl/α,β-unsaturated/α-hetero) is 1. The van der Waals surface area contributed by atoms with E-state index >= 15 is 0 Å². The molecule has 0 N–H and O–H groups in total. The summed E-state index contributed by atoms with van der Waals surface area (Å²) in [5.41, 5.74) is -0.109. The van der Waals surface area contributed by atoms with E-state index < -0.39 is 18.7 Å². The van der Waals surface area contributed by atoms with Crippen LogP contribution in [-0.4, -0.2) is 11.6 Å². The normalized spacial score (nSPS) is 56.1. The molecule has 2 nitrogen and oxygen atoms in total. The highest BCUT2D eigenvalue weighted by molar-refractivity contribution is 5.91. The van der Waals surface area contributed by atoms with E-state index in [2.05, 4.69) is 6.92 Å². The van der Waals surface area contributed by atoms with Gasteiger partial charge in [0.05, 0.1) is 0 Å². The molecule has 3 fully saturated rings. The van der Waals surface area contributed by atoms with Gasteiger partial charge in [0, 0.05) is 23.7 Å². The van der Waals surface area contributed by atoms with Crippen LogP contribution in [0.1, 0.15) is 70.6 Å². The Balaban J connectivity index is 1.76. The second-order valence-electron chi connectivity index (χ2n) is 7.78. The van der Waals surface area contributed by atoms with Crippen LogP contribution in [0.15, 0.2) is 11.6 Å². The van der Waals surface area contributed by atoms with E-state index in [4.69, 9.17) is 5.48 Å². The lowest BCUT2D eigenvalue weighted by atomic mass is 9.47. The summed E-state index contributed by atoms with van der Waals surface area (Å²) in [5.74, 6) is 0.176. The third-order valence-corrected chi connectivity index (χ3v) is 7.04. The summed E-state index contributed by atoms with van der Waals surface area (Å²) in [6, 6.07) is 0. The third kappa shape index (κ3) is 1.71. The van der Waals surface area contributed by atoms with Crippen LogP contribution in [0.2, 0.25) is 0 Å². The molecule has 0 aromatic carbocycles. The monoisotopic (exact) mass is 290 g/mol. The van der Waals surface area contributed by atoms with Crippen LogP contribution < -0.4 is 0 Å². The van der Waals surface area contributed by atoms with Crippen molar-refractivity contribution in [1.29, 1.82) is 0 Å². The van der Waals surface area contributed by atoms with Gasteiger partial charge in [-0.3, -0.25) is 9.59 Å². The fraction of sp³-hybridized carbons (Fsp3) is 0.789. The molecule has 2 heteroatoms. The van der Waals surface area contributed by atoms with Crippen LogP contribution in [0, 0.1) is 28.6 Å². The molecule has 114 valence electrons. The summed E-state index contributed by atoms with van der Waals surface area (Å²) in [7, 11) is 0. The Morgan fingerprint density at radius 3 is 2.76 bits per heavy atom. The smallest absolute Gasteiger partial charge is 0.155 e. The predicted octanol–water partition coefficient (Wildman–Crippen LogP) is 4.09. The van der Waals surface area contributed by atoms with Crippen molar-refractivity contribution >= 4 is 11.6 Å². The molecule has 3 saturated carbocycles. The maximum absolute atomic E-state index is 12.8. The number of carbonyl (C=O) groups is 2. The van der Waals surface area contributed by atoms with Crippen LogP contribution in [0.25, 0.3) is 0 Å². The zero-order chi connectivity index (χ0) is 18.2. The predicted molar refractivity (Wildman–Crippen MR) is 81.7 cm³/mol. The Labute approximate surface area is 133 Å². The van der Waals surface area contributed by atoms with E-state index in [1.807, 2.05) is 6.08 Å². The lowest BCUT2D eigenvalue weighted by Crippen LogP contribution is -2.50. The van der Waals surface area contributed by atoms with Gasteiger partial charge in [-0.15, -0.1) is 0 Å². The molecule has 4 aliphatic carbocycles. The lowest BCUT2D eigenvalue weighted by Gasteiger charge is -2.56. The molecule has 0 bridgehead atoms. The van der Waals surface area contributed by atoms with Gasteiger partial charge in [-0.1, -0.05) is 19.3 Å². The first-order valence-corrected chi connectivity index (χ1v) is 8.32. The Morgan fingerprint density at radius 1 is 1.14 bits per heavy atom. The van der Waals surface area contributed by atoms with E-state index in [-0.39, 0.29) is 28.8 Å². The first kappa shape index (κ1) is 9.97. The van der Waals surface area contributed by atoms with Gasteiger partial charge >= 0.3 is 0 Å². The molecule has 0 aliphatic heterocycles. The summed E-state index contributed by atoms with van der Waals surface area (Å²) in [5, 5.41) is 0. The molecule has 21 heavy (non-hydrogen) atoms. The second-order valence-corrected chi connectivity index (χ2v) is 7.78. The fourth-order valence-electron chi connectivity index (χ4n) is 5.80. The lowest BCUT2D eigenvalue weighted by molar-refractivity contribution is -0.132. The molecular formula is C19H26O2. The van der Waals surface area contributed by atoms with Crippen LogP contribution in [0.4, 0.5) is 0 Å². The molecule has 0 aromatic heterocycles. The first-order chi connectivity index (χ1) is 11.6. The molecule has 4 aliphatic rings. The molecule has 4 rings (SSSR count). The van der Waals surface area contributed by atoms with Crippen molar-refractivity contribution in [3.8, 4) is 0 Å². The van der Waals surface area contributed by atoms with E-state index in [9.17, 15) is 9.59 Å². The Kier molecular flexibility index (Phi) is 2.04. The molecule has 0 aromatic rings. The minimum atomic E-state index is -2.32. The van der Waals surface area contributed by atoms with Crippen molar-refractivity contribution in [3.63, 3.8) is 0 Å². The second kappa shape index (κ2) is 4.30. The van der Waals surface area contributed by atoms with Crippen molar-refractivity contribution in [2.75, 3.05) is 0 Å². The molecule has 0 radical (unpaired) electrons. The minimum absolute atomic E-state index is 0.0408. The Bertz CT molecular complexity index is 667. The highest BCUT2D eigenvalue weighted by atomic mass is 16.1. The van der Waals surface area contributed by atoms with E-state index in [1.54, 1.807) is 0 Å². The van der Waals surface area contributed by atoms with Crippen molar-refractivity contribution in [1.82, 2.24) is 0 Å². The number of fused-ring (bicyclic) bond motifs is 5. The number of hydrogen-bond acceptors (Lipinski definition) is 2. The van der Waals surface area contributed by atoms with Crippen molar-refractivity contribution in [3.05, 3.63) is 11.6 Å². The average molecular weight is 290 g/mol. The molecular weight excluding hydrogens is 260 g/mol. The average Bonchev–Trinajstić information content (AvgIpc) is 2.80. The SMILES string of the molecule is [2H]C1C[C@H]2[C@@H]3CCC4=CC(=O)CC[C@]4(C)[C@H]3CC[C@]2(C([2H])([2H])[2H])C1=O. The van der Waals surface area contributed by atoms with Crippen LogP contribution >= 0.6 is 0 Å². The van der Waals surface area contributed by atoms with Crippen molar-refractivity contribution in [2.24, 2.45) is 28.6 Å². The van der Waals surface area contributed by atoms with Gasteiger partial charge in [-0.25, -0.2) is 0 Å². The molecule has 0 saturated heterocycles. The van der Waals surface area contributed by atoms with Crippen LogP contribution in [0.5, 0.6) is 0 Å². The van der Waals surface area contributed by atoms with Crippen molar-refractivity contribution < 1.29 is 15.1 Å². The Morgan fingerprint density at radius 2 is 1.95 bits per heavy atom. The third-order valence-electron chi connectivity index (χ3n) is 7.04. The van der Waals surface area contributed by atoms with Gasteiger partial charge in [0.15, 0.2) is 5.78 Å². The summed E-state index contributed by atoms with van der Waals surface area (Å²) in [6.45, 7) is -0.0888. The quantitative estimate of drug-likeness (QED) is 0.673. The number of allylic oxidation sites excluding steroid dienone is 1. The molecule has 0 amide bonds. The van der Waals surface area contributed by atoms with Gasteiger partial charge in [-0.2, -0.15) is 0 Å². The van der Waals surface area contributed by atoms with Gasteiger partial charge in [-0.05, 0) is 67.8 Å². The molecule has 1 unspecified atom stereocenters. The number of hydrogen-bond donors (Lipinski definition) is 0. The van der Waals surface area contributed by atoms with Gasteiger partial charge in [0.2, 0.25) is 0 Å². The summed E-state index contributed by atoms with van der Waals surface area (Å²) in [6.07, 6.45) is 5.52. The van der Waals surface area contributed by atoms with Gasteiger partial charge in [0.25, 0.3) is 0 Å². The highest BCUT2D eigenvalue weighted by Gasteiger charge is 2.58. The summed E-state index contributed by atoms with van der Waals surface area (Å²) in [4.78, 5) is 24.6. The number of carbonyl (C=O) groups excluding carboxylic acids is 2. The topological polar surface area (TPSA) is 34.1 Å². The first-order valence-electron chi connectivity index (χ1n) is 10.4. The fourth-order valence-corrected chi connectivity index (χ4v) is 5.80. The van der Waals surface area contributed by atoms with Crippen LogP contribution in [-0.2, 0) is 9.59 Å². The number of rotatable bonds is 0. The van der Waals surface area contributed by atoms with Gasteiger partial charge < -0.3 is 0 Å². The zero-order valence-corrected chi connectivity index (χ0v) is 12.7. The van der Waals surface area contributed by atoms with E-state index in [0.29, 0.717) is 25.2 Å². The molecule has 0 spiro atoms. The number of ketones is 2. The largest absolute Gasteiger partial charge is 0.299 e. The molecule has 6 atom stereocenters. The van der Waals surface area contributed by atoms with E-state index in [1.165, 1.54) is 5.57 Å². The minimum Gasteiger partial charge on any atom is -0.299 e. The Hall–Kier alpha value is -0.920. The molecule has 0 heterocycles. The maximum atomic E-state index is 12.8. The van der Waals surface area contributed by atoms with E-state index in [0.717, 1.165) is 25.7 Å². The van der Waals surface area contributed by atoms with Crippen LogP contribution in [0.3, 0.4) is 0 Å².